The summed E-state index contributed by atoms with van der Waals surface area (Å²) < 4.78 is 5.31. The molecule has 0 aromatic heterocycles. The van der Waals surface area contributed by atoms with Crippen LogP contribution in [-0.4, -0.2) is 36.2 Å². The van der Waals surface area contributed by atoms with E-state index in [1.807, 2.05) is 0 Å². The maximum Gasteiger partial charge on any atom is 0.308 e. The van der Waals surface area contributed by atoms with E-state index >= 15 is 0 Å². The van der Waals surface area contributed by atoms with Gasteiger partial charge < -0.3 is 15.2 Å². The van der Waals surface area contributed by atoms with Gasteiger partial charge in [-0.1, -0.05) is 39.0 Å². The van der Waals surface area contributed by atoms with Gasteiger partial charge in [0.1, 0.15) is 6.61 Å². The lowest BCUT2D eigenvalue weighted by atomic mass is 9.95. The predicted octanol–water partition coefficient (Wildman–Crippen LogP) is 2.34. The van der Waals surface area contributed by atoms with Gasteiger partial charge in [0.15, 0.2) is 0 Å². The molecule has 20 heavy (non-hydrogen) atoms. The van der Waals surface area contributed by atoms with Gasteiger partial charge in [0.2, 0.25) is 5.91 Å². The van der Waals surface area contributed by atoms with Gasteiger partial charge in [-0.25, -0.2) is 0 Å². The molecule has 0 aromatic carbocycles. The Hall–Kier alpha value is -1.10. The molecule has 0 aliphatic heterocycles. The fourth-order valence-corrected chi connectivity index (χ4v) is 2.64. The largest absolute Gasteiger partial charge is 0.481 e. The number of hydrogen-bond donors (Lipinski definition) is 2. The normalized spacial score (nSPS) is 23.1. The highest BCUT2D eigenvalue weighted by atomic mass is 16.5. The number of carbonyl (C=O) groups excluding carboxylic acids is 1. The quantitative estimate of drug-likeness (QED) is 0.530. The molecule has 0 spiro atoms. The molecule has 1 rings (SSSR count). The van der Waals surface area contributed by atoms with Crippen molar-refractivity contribution in [2.45, 2.75) is 64.3 Å². The molecule has 0 saturated heterocycles. The average molecular weight is 285 g/mol. The van der Waals surface area contributed by atoms with E-state index in [1.54, 1.807) is 0 Å². The third kappa shape index (κ3) is 6.37. The lowest BCUT2D eigenvalue weighted by molar-refractivity contribution is -0.143. The number of unbranched alkanes of at least 4 members (excludes halogenated alkanes) is 2. The molecular weight excluding hydrogens is 258 g/mol. The summed E-state index contributed by atoms with van der Waals surface area (Å²) in [5.74, 6) is -1.46. The standard InChI is InChI=1S/C15H27NO4/c1-2-3-7-10-20-11-14(17)16-13-9-6-4-5-8-12(13)15(18)19/h12-13H,2-11H2,1H3,(H,16,17)(H,18,19)/t12-,13+/m1/s1. The lowest BCUT2D eigenvalue weighted by Gasteiger charge is -2.22. The van der Waals surface area contributed by atoms with Gasteiger partial charge >= 0.3 is 5.97 Å². The number of carboxylic acid groups (broad SMARTS) is 1. The Morgan fingerprint density at radius 2 is 1.95 bits per heavy atom. The molecule has 2 atom stereocenters. The fraction of sp³-hybridized carbons (Fsp3) is 0.867. The first-order chi connectivity index (χ1) is 9.65. The van der Waals surface area contributed by atoms with Crippen LogP contribution in [0, 0.1) is 5.92 Å². The Labute approximate surface area is 121 Å². The number of carbonyl (C=O) groups is 2. The summed E-state index contributed by atoms with van der Waals surface area (Å²) in [7, 11) is 0. The molecule has 0 radical (unpaired) electrons. The van der Waals surface area contributed by atoms with Crippen molar-refractivity contribution < 1.29 is 19.4 Å². The molecule has 5 heteroatoms. The van der Waals surface area contributed by atoms with Gasteiger partial charge in [-0.3, -0.25) is 9.59 Å². The molecule has 0 heterocycles. The summed E-state index contributed by atoms with van der Waals surface area (Å²) in [6.07, 6.45) is 7.54. The Morgan fingerprint density at radius 1 is 1.20 bits per heavy atom. The number of aliphatic carboxylic acids is 1. The molecule has 0 bridgehead atoms. The third-order valence-corrected chi connectivity index (χ3v) is 3.80. The van der Waals surface area contributed by atoms with Gasteiger partial charge in [0.25, 0.3) is 0 Å². The minimum absolute atomic E-state index is 0.0343. The van der Waals surface area contributed by atoms with E-state index in [2.05, 4.69) is 12.2 Å². The molecule has 2 N–H and O–H groups in total. The predicted molar refractivity (Wildman–Crippen MR) is 76.5 cm³/mol. The molecule has 0 aromatic rings. The maximum absolute atomic E-state index is 11.8. The second kappa shape index (κ2) is 9.75. The molecule has 1 aliphatic rings. The van der Waals surface area contributed by atoms with E-state index in [0.717, 1.165) is 44.9 Å². The van der Waals surface area contributed by atoms with Crippen LogP contribution in [0.4, 0.5) is 0 Å². The monoisotopic (exact) mass is 285 g/mol. The van der Waals surface area contributed by atoms with Crippen LogP contribution < -0.4 is 5.32 Å². The van der Waals surface area contributed by atoms with Crippen molar-refractivity contribution >= 4 is 11.9 Å². The van der Waals surface area contributed by atoms with E-state index in [-0.39, 0.29) is 18.6 Å². The highest BCUT2D eigenvalue weighted by Crippen LogP contribution is 2.23. The van der Waals surface area contributed by atoms with Crippen LogP contribution in [0.25, 0.3) is 0 Å². The second-order valence-electron chi connectivity index (χ2n) is 5.52. The Morgan fingerprint density at radius 3 is 2.65 bits per heavy atom. The van der Waals surface area contributed by atoms with E-state index in [4.69, 9.17) is 4.74 Å². The summed E-state index contributed by atoms with van der Waals surface area (Å²) >= 11 is 0. The van der Waals surface area contributed by atoms with E-state index < -0.39 is 11.9 Å². The highest BCUT2D eigenvalue weighted by Gasteiger charge is 2.30. The fourth-order valence-electron chi connectivity index (χ4n) is 2.64. The topological polar surface area (TPSA) is 75.6 Å². The van der Waals surface area contributed by atoms with Crippen molar-refractivity contribution in [2.75, 3.05) is 13.2 Å². The first-order valence-electron chi connectivity index (χ1n) is 7.75. The number of amides is 1. The van der Waals surface area contributed by atoms with Crippen LogP contribution >= 0.6 is 0 Å². The summed E-state index contributed by atoms with van der Waals surface area (Å²) in [6.45, 7) is 2.74. The van der Waals surface area contributed by atoms with Crippen LogP contribution in [0.15, 0.2) is 0 Å². The smallest absolute Gasteiger partial charge is 0.308 e. The van der Waals surface area contributed by atoms with Crippen LogP contribution in [0.1, 0.15) is 58.3 Å². The van der Waals surface area contributed by atoms with Crippen molar-refractivity contribution in [2.24, 2.45) is 5.92 Å². The van der Waals surface area contributed by atoms with E-state index in [0.29, 0.717) is 13.0 Å². The van der Waals surface area contributed by atoms with Crippen LogP contribution in [0.2, 0.25) is 0 Å². The van der Waals surface area contributed by atoms with Crippen molar-refractivity contribution in [3.8, 4) is 0 Å². The molecule has 5 nitrogen and oxygen atoms in total. The van der Waals surface area contributed by atoms with Crippen molar-refractivity contribution in [3.63, 3.8) is 0 Å². The summed E-state index contributed by atoms with van der Waals surface area (Å²) in [6, 6.07) is -0.248. The zero-order chi connectivity index (χ0) is 14.8. The van der Waals surface area contributed by atoms with Crippen molar-refractivity contribution in [1.29, 1.82) is 0 Å². The summed E-state index contributed by atoms with van der Waals surface area (Å²) in [5, 5.41) is 12.1. The zero-order valence-electron chi connectivity index (χ0n) is 12.4. The first-order valence-corrected chi connectivity index (χ1v) is 7.75. The van der Waals surface area contributed by atoms with Crippen LogP contribution in [0.3, 0.4) is 0 Å². The van der Waals surface area contributed by atoms with Gasteiger partial charge in [0, 0.05) is 12.6 Å². The van der Waals surface area contributed by atoms with Crippen LogP contribution in [0.5, 0.6) is 0 Å². The zero-order valence-corrected chi connectivity index (χ0v) is 12.4. The van der Waals surface area contributed by atoms with Gasteiger partial charge in [-0.05, 0) is 19.3 Å². The SMILES string of the molecule is CCCCCOCC(=O)N[C@H]1CCCCC[C@H]1C(=O)O. The van der Waals surface area contributed by atoms with Crippen molar-refractivity contribution in [1.82, 2.24) is 5.32 Å². The lowest BCUT2D eigenvalue weighted by Crippen LogP contribution is -2.44. The molecule has 116 valence electrons. The Balaban J connectivity index is 2.31. The second-order valence-corrected chi connectivity index (χ2v) is 5.52. The van der Waals surface area contributed by atoms with Gasteiger partial charge in [-0.2, -0.15) is 0 Å². The number of nitrogens with one attached hydrogen (secondary N) is 1. The molecule has 1 aliphatic carbocycles. The molecule has 0 unspecified atom stereocenters. The number of rotatable bonds is 8. The summed E-state index contributed by atoms with van der Waals surface area (Å²) in [5.41, 5.74) is 0. The van der Waals surface area contributed by atoms with Crippen LogP contribution in [-0.2, 0) is 14.3 Å². The molecular formula is C15H27NO4. The minimum atomic E-state index is -0.805. The summed E-state index contributed by atoms with van der Waals surface area (Å²) in [4.78, 5) is 23.0. The Kier molecular flexibility index (Phi) is 8.26. The van der Waals surface area contributed by atoms with Gasteiger partial charge in [-0.15, -0.1) is 0 Å². The number of hydrogen-bond acceptors (Lipinski definition) is 3. The van der Waals surface area contributed by atoms with E-state index in [9.17, 15) is 14.7 Å². The Bertz CT molecular complexity index is 306. The first kappa shape index (κ1) is 17.0. The van der Waals surface area contributed by atoms with Crippen molar-refractivity contribution in [3.05, 3.63) is 0 Å². The third-order valence-electron chi connectivity index (χ3n) is 3.80. The average Bonchev–Trinajstić information content (AvgIpc) is 2.64. The number of ether oxygens (including phenoxy) is 1. The van der Waals surface area contributed by atoms with Gasteiger partial charge in [0.05, 0.1) is 5.92 Å². The highest BCUT2D eigenvalue weighted by molar-refractivity contribution is 5.79. The maximum atomic E-state index is 11.8. The van der Waals surface area contributed by atoms with E-state index in [1.165, 1.54) is 0 Å². The number of carboxylic acids is 1. The molecule has 1 fully saturated rings. The molecule has 1 amide bonds. The molecule has 1 saturated carbocycles. The minimum Gasteiger partial charge on any atom is -0.481 e.